The fourth-order valence-electron chi connectivity index (χ4n) is 2.04. The highest BCUT2D eigenvalue weighted by molar-refractivity contribution is 5.76. The second-order valence-electron chi connectivity index (χ2n) is 4.85. The predicted molar refractivity (Wildman–Crippen MR) is 73.8 cm³/mol. The number of hydrogen-bond donors (Lipinski definition) is 1. The maximum Gasteiger partial charge on any atom is 0.242 e. The van der Waals surface area contributed by atoms with Gasteiger partial charge in [0.05, 0.1) is 12.2 Å². The van der Waals surface area contributed by atoms with E-state index in [2.05, 4.69) is 27.4 Å². The lowest BCUT2D eigenvalue weighted by Gasteiger charge is -2.14. The first-order valence-corrected chi connectivity index (χ1v) is 6.76. The average Bonchev–Trinajstić information content (AvgIpc) is 2.99. The Morgan fingerprint density at radius 3 is 2.90 bits per heavy atom. The van der Waals surface area contributed by atoms with Crippen LogP contribution >= 0.6 is 0 Å². The van der Waals surface area contributed by atoms with E-state index in [0.717, 1.165) is 24.4 Å². The Bertz CT molecular complexity index is 573. The Labute approximate surface area is 118 Å². The summed E-state index contributed by atoms with van der Waals surface area (Å²) < 4.78 is 3.44. The maximum absolute atomic E-state index is 12.0. The molecule has 0 saturated carbocycles. The summed E-state index contributed by atoms with van der Waals surface area (Å²) in [5.41, 5.74) is 1.04. The van der Waals surface area contributed by atoms with Gasteiger partial charge in [0.1, 0.15) is 18.7 Å². The van der Waals surface area contributed by atoms with Gasteiger partial charge >= 0.3 is 0 Å². The first-order valence-electron chi connectivity index (χ1n) is 6.76. The normalized spacial score (nSPS) is 12.3. The smallest absolute Gasteiger partial charge is 0.242 e. The predicted octanol–water partition coefficient (Wildman–Crippen LogP) is 1.07. The largest absolute Gasteiger partial charge is 0.345 e. The lowest BCUT2D eigenvalue weighted by Crippen LogP contribution is -2.32. The molecule has 0 fully saturated rings. The van der Waals surface area contributed by atoms with Gasteiger partial charge in [-0.1, -0.05) is 6.92 Å². The molecule has 0 aliphatic carbocycles. The minimum atomic E-state index is -0.173. The summed E-state index contributed by atoms with van der Waals surface area (Å²) in [4.78, 5) is 16.2. The van der Waals surface area contributed by atoms with Crippen molar-refractivity contribution < 1.29 is 4.79 Å². The van der Waals surface area contributed by atoms with E-state index in [4.69, 9.17) is 0 Å². The van der Waals surface area contributed by atoms with Gasteiger partial charge < -0.3 is 5.32 Å². The third-order valence-electron chi connectivity index (χ3n) is 2.91. The van der Waals surface area contributed by atoms with Gasteiger partial charge in [-0.05, 0) is 25.8 Å². The van der Waals surface area contributed by atoms with Crippen molar-refractivity contribution in [2.45, 2.75) is 46.3 Å². The van der Waals surface area contributed by atoms with Gasteiger partial charge in [-0.15, -0.1) is 0 Å². The van der Waals surface area contributed by atoms with Crippen molar-refractivity contribution in [3.8, 4) is 0 Å². The van der Waals surface area contributed by atoms with Crippen LogP contribution in [0.15, 0.2) is 18.7 Å². The number of amides is 1. The molecule has 0 spiro atoms. The van der Waals surface area contributed by atoms with Gasteiger partial charge in [0.25, 0.3) is 0 Å². The van der Waals surface area contributed by atoms with Crippen molar-refractivity contribution in [3.05, 3.63) is 30.1 Å². The van der Waals surface area contributed by atoms with Gasteiger partial charge in [-0.25, -0.2) is 9.67 Å². The molecule has 0 radical (unpaired) electrons. The summed E-state index contributed by atoms with van der Waals surface area (Å²) in [6, 6.07) is -0.173. The molecule has 20 heavy (non-hydrogen) atoms. The van der Waals surface area contributed by atoms with Crippen LogP contribution in [0.2, 0.25) is 0 Å². The first-order chi connectivity index (χ1) is 9.60. The molecule has 7 heteroatoms. The molecule has 2 rings (SSSR count). The molecule has 1 atom stereocenters. The SMILES string of the molecule is CCCn1ncnc1[C@@H](C)NC(=O)Cn1cc(C)cn1. The van der Waals surface area contributed by atoms with Gasteiger partial charge in [-0.2, -0.15) is 10.2 Å². The number of aryl methyl sites for hydroxylation is 2. The molecule has 7 nitrogen and oxygen atoms in total. The number of carbonyl (C=O) groups excluding carboxylic acids is 1. The summed E-state index contributed by atoms with van der Waals surface area (Å²) in [6.45, 7) is 6.93. The van der Waals surface area contributed by atoms with Gasteiger partial charge in [0.15, 0.2) is 0 Å². The number of nitrogens with zero attached hydrogens (tertiary/aromatic N) is 5. The molecule has 108 valence electrons. The van der Waals surface area contributed by atoms with Crippen LogP contribution in [0.5, 0.6) is 0 Å². The fourth-order valence-corrected chi connectivity index (χ4v) is 2.04. The summed E-state index contributed by atoms with van der Waals surface area (Å²) in [7, 11) is 0. The summed E-state index contributed by atoms with van der Waals surface area (Å²) in [6.07, 6.45) is 6.06. The molecule has 0 unspecified atom stereocenters. The van der Waals surface area contributed by atoms with E-state index < -0.39 is 0 Å². The lowest BCUT2D eigenvalue weighted by atomic mass is 10.3. The van der Waals surface area contributed by atoms with Crippen LogP contribution < -0.4 is 5.32 Å². The number of nitrogens with one attached hydrogen (secondary N) is 1. The second-order valence-corrected chi connectivity index (χ2v) is 4.85. The summed E-state index contributed by atoms with van der Waals surface area (Å²) in [5.74, 6) is 0.684. The molecule has 2 aromatic rings. The van der Waals surface area contributed by atoms with Crippen LogP contribution in [0.25, 0.3) is 0 Å². The Balaban J connectivity index is 1.94. The van der Waals surface area contributed by atoms with Crippen molar-refractivity contribution >= 4 is 5.91 Å². The zero-order chi connectivity index (χ0) is 14.5. The molecular weight excluding hydrogens is 256 g/mol. The van der Waals surface area contributed by atoms with E-state index in [1.165, 1.54) is 6.33 Å². The van der Waals surface area contributed by atoms with Crippen LogP contribution in [0, 0.1) is 6.92 Å². The van der Waals surface area contributed by atoms with Gasteiger partial charge in [0.2, 0.25) is 5.91 Å². The topological polar surface area (TPSA) is 77.6 Å². The Kier molecular flexibility index (Phi) is 4.49. The van der Waals surface area contributed by atoms with Crippen molar-refractivity contribution in [1.82, 2.24) is 29.9 Å². The average molecular weight is 276 g/mol. The quantitative estimate of drug-likeness (QED) is 0.856. The van der Waals surface area contributed by atoms with E-state index in [9.17, 15) is 4.79 Å². The molecule has 0 saturated heterocycles. The number of carbonyl (C=O) groups is 1. The first kappa shape index (κ1) is 14.2. The highest BCUT2D eigenvalue weighted by Crippen LogP contribution is 2.09. The Morgan fingerprint density at radius 1 is 1.45 bits per heavy atom. The number of hydrogen-bond acceptors (Lipinski definition) is 4. The van der Waals surface area contributed by atoms with Crippen LogP contribution in [0.4, 0.5) is 0 Å². The lowest BCUT2D eigenvalue weighted by molar-refractivity contribution is -0.122. The summed E-state index contributed by atoms with van der Waals surface area (Å²) >= 11 is 0. The Morgan fingerprint density at radius 2 is 2.25 bits per heavy atom. The van der Waals surface area contributed by atoms with E-state index in [-0.39, 0.29) is 18.5 Å². The van der Waals surface area contributed by atoms with E-state index in [1.54, 1.807) is 10.9 Å². The molecule has 1 amide bonds. The van der Waals surface area contributed by atoms with Gasteiger partial charge in [0, 0.05) is 12.7 Å². The molecule has 0 aliphatic rings. The van der Waals surface area contributed by atoms with Gasteiger partial charge in [-0.3, -0.25) is 9.48 Å². The second kappa shape index (κ2) is 6.31. The third kappa shape index (κ3) is 3.43. The van der Waals surface area contributed by atoms with Crippen LogP contribution in [-0.4, -0.2) is 30.5 Å². The monoisotopic (exact) mass is 276 g/mol. The molecule has 2 heterocycles. The van der Waals surface area contributed by atoms with Crippen molar-refractivity contribution in [2.75, 3.05) is 0 Å². The fraction of sp³-hybridized carbons (Fsp3) is 0.538. The zero-order valence-electron chi connectivity index (χ0n) is 12.1. The van der Waals surface area contributed by atoms with Crippen LogP contribution in [0.3, 0.4) is 0 Å². The molecule has 0 bridgehead atoms. The highest BCUT2D eigenvalue weighted by atomic mass is 16.2. The van der Waals surface area contributed by atoms with Crippen LogP contribution in [-0.2, 0) is 17.9 Å². The van der Waals surface area contributed by atoms with E-state index >= 15 is 0 Å². The van der Waals surface area contributed by atoms with Crippen molar-refractivity contribution in [3.63, 3.8) is 0 Å². The molecule has 2 aromatic heterocycles. The van der Waals surface area contributed by atoms with Crippen molar-refractivity contribution in [1.29, 1.82) is 0 Å². The minimum Gasteiger partial charge on any atom is -0.345 e. The number of aromatic nitrogens is 5. The highest BCUT2D eigenvalue weighted by Gasteiger charge is 2.15. The zero-order valence-corrected chi connectivity index (χ0v) is 12.1. The molecule has 1 N–H and O–H groups in total. The van der Waals surface area contributed by atoms with Crippen LogP contribution in [0.1, 0.15) is 37.7 Å². The van der Waals surface area contributed by atoms with Crippen molar-refractivity contribution in [2.24, 2.45) is 0 Å². The molecule has 0 aromatic carbocycles. The number of rotatable bonds is 6. The summed E-state index contributed by atoms with van der Waals surface area (Å²) in [5, 5.41) is 11.2. The minimum absolute atomic E-state index is 0.0911. The maximum atomic E-state index is 12.0. The molecule has 0 aliphatic heterocycles. The standard InChI is InChI=1S/C13H20N6O/c1-4-5-19-13(14-9-16-19)11(3)17-12(20)8-18-7-10(2)6-15-18/h6-7,9,11H,4-5,8H2,1-3H3,(H,17,20)/t11-/m1/s1. The van der Waals surface area contributed by atoms with E-state index in [1.807, 2.05) is 24.7 Å². The molecular formula is C13H20N6O. The third-order valence-corrected chi connectivity index (χ3v) is 2.91. The Hall–Kier alpha value is -2.18. The van der Waals surface area contributed by atoms with E-state index in [0.29, 0.717) is 0 Å².